The van der Waals surface area contributed by atoms with Crippen molar-refractivity contribution in [2.75, 3.05) is 41.2 Å². The Morgan fingerprint density at radius 1 is 0.875 bits per heavy atom. The van der Waals surface area contributed by atoms with Crippen molar-refractivity contribution in [3.63, 3.8) is 0 Å². The van der Waals surface area contributed by atoms with E-state index in [-0.39, 0.29) is 11.3 Å². The van der Waals surface area contributed by atoms with Gasteiger partial charge in [-0.05, 0) is 48.0 Å². The zero-order chi connectivity index (χ0) is 35.2. The smallest absolute Gasteiger partial charge is 0.338 e. The van der Waals surface area contributed by atoms with Crippen LogP contribution in [0.5, 0.6) is 23.0 Å². The second-order valence-electron chi connectivity index (χ2n) is 10.7. The van der Waals surface area contributed by atoms with Crippen molar-refractivity contribution in [1.82, 2.24) is 0 Å². The van der Waals surface area contributed by atoms with Crippen molar-refractivity contribution < 1.29 is 83.2 Å². The Labute approximate surface area is 274 Å². The number of esters is 2. The third kappa shape index (κ3) is 7.81. The largest absolute Gasteiger partial charge is 0.508 e. The number of hydrogen-bond donors (Lipinski definition) is 7. The minimum Gasteiger partial charge on any atom is -0.508 e. The van der Waals surface area contributed by atoms with E-state index < -0.39 is 86.6 Å². The molecule has 264 valence electrons. The van der Waals surface area contributed by atoms with E-state index in [1.54, 1.807) is 12.1 Å². The molecule has 0 amide bonds. The molecule has 0 aromatic heterocycles. The van der Waals surface area contributed by atoms with Gasteiger partial charge in [-0.2, -0.15) is 0 Å². The molecule has 0 unspecified atom stereocenters. The highest BCUT2D eigenvalue weighted by molar-refractivity contribution is 5.89. The number of ether oxygens (including phenoxy) is 8. The van der Waals surface area contributed by atoms with E-state index >= 15 is 0 Å². The summed E-state index contributed by atoms with van der Waals surface area (Å²) < 4.78 is 43.3. The summed E-state index contributed by atoms with van der Waals surface area (Å²) in [6.07, 6.45) is -11.9. The van der Waals surface area contributed by atoms with E-state index in [1.807, 2.05) is 0 Å². The molecule has 7 N–H and O–H groups in total. The molecule has 0 saturated carbocycles. The van der Waals surface area contributed by atoms with Gasteiger partial charge >= 0.3 is 11.9 Å². The number of aromatic hydroxyl groups is 1. The van der Waals surface area contributed by atoms with Gasteiger partial charge in [0.05, 0.1) is 33.5 Å². The van der Waals surface area contributed by atoms with Gasteiger partial charge in [0, 0.05) is 6.08 Å². The SMILES string of the molecule is COc1cc(C=CC(=O)O[C@@H]2[C@H](O)[C@@H](CO)O[C@@]2(CO)O[C@@H]2O[C@H](COC(=O)c3ccc(O)cc3)[C@@H](O)[C@H](O)[C@H]2O)cc(OC)c1OC. The number of benzene rings is 2. The Morgan fingerprint density at radius 2 is 1.52 bits per heavy atom. The molecule has 0 radical (unpaired) electrons. The van der Waals surface area contributed by atoms with Gasteiger partial charge in [0.25, 0.3) is 0 Å². The van der Waals surface area contributed by atoms with Crippen LogP contribution in [0.15, 0.2) is 42.5 Å². The second kappa shape index (κ2) is 15.9. The van der Waals surface area contributed by atoms with Crippen LogP contribution in [0.4, 0.5) is 0 Å². The molecule has 48 heavy (non-hydrogen) atoms. The van der Waals surface area contributed by atoms with Gasteiger partial charge in [-0.25, -0.2) is 9.59 Å². The Hall–Kier alpha value is -4.04. The quantitative estimate of drug-likeness (QED) is 0.0934. The number of aliphatic hydroxyl groups excluding tert-OH is 6. The molecule has 4 rings (SSSR count). The highest BCUT2D eigenvalue weighted by Crippen LogP contribution is 2.40. The van der Waals surface area contributed by atoms with E-state index in [1.165, 1.54) is 51.7 Å². The van der Waals surface area contributed by atoms with E-state index in [9.17, 15) is 45.3 Å². The van der Waals surface area contributed by atoms with Gasteiger partial charge in [0.1, 0.15) is 55.6 Å². The molecule has 0 spiro atoms. The van der Waals surface area contributed by atoms with Gasteiger partial charge < -0.3 is 73.6 Å². The molecule has 2 saturated heterocycles. The van der Waals surface area contributed by atoms with Crippen molar-refractivity contribution in [3.05, 3.63) is 53.6 Å². The normalized spacial score (nSPS) is 30.2. The zero-order valence-corrected chi connectivity index (χ0v) is 26.1. The molecule has 2 aromatic carbocycles. The van der Waals surface area contributed by atoms with Crippen LogP contribution >= 0.6 is 0 Å². The summed E-state index contributed by atoms with van der Waals surface area (Å²) in [5, 5.41) is 72.2. The molecule has 17 nitrogen and oxygen atoms in total. The molecule has 2 aromatic rings. The van der Waals surface area contributed by atoms with Crippen molar-refractivity contribution in [2.24, 2.45) is 0 Å². The Bertz CT molecular complexity index is 1410. The maximum atomic E-state index is 13.0. The standard InChI is InChI=1S/C31H38O17/c1-41-18-10-15(11-19(42-2)27(18)43-3)4-9-22(35)46-28-24(37)20(12-32)47-31(28,14-33)48-30-26(39)25(38)23(36)21(45-30)13-44-29(40)16-5-7-17(34)8-6-16/h4-11,20-21,23-26,28,30,32-34,36-39H,12-14H2,1-3H3/t20-,21-,23-,24-,25+,26-,28-,30+,31+/m1/s1. The summed E-state index contributed by atoms with van der Waals surface area (Å²) >= 11 is 0. The number of rotatable bonds is 13. The Kier molecular flexibility index (Phi) is 12.2. The fraction of sp³-hybridized carbons (Fsp3) is 0.484. The molecule has 2 fully saturated rings. The summed E-state index contributed by atoms with van der Waals surface area (Å²) in [5.41, 5.74) is 0.476. The van der Waals surface area contributed by atoms with Gasteiger partial charge in [-0.3, -0.25) is 0 Å². The summed E-state index contributed by atoms with van der Waals surface area (Å²) in [5.74, 6) is -3.57. The number of carbonyl (C=O) groups excluding carboxylic acids is 2. The molecule has 17 heteroatoms. The first-order chi connectivity index (χ1) is 22.9. The van der Waals surface area contributed by atoms with Crippen molar-refractivity contribution >= 4 is 18.0 Å². The Morgan fingerprint density at radius 3 is 2.08 bits per heavy atom. The summed E-state index contributed by atoms with van der Waals surface area (Å²) in [6.45, 7) is -2.59. The average molecular weight is 683 g/mol. The maximum Gasteiger partial charge on any atom is 0.338 e. The Balaban J connectivity index is 1.51. The molecule has 9 atom stereocenters. The van der Waals surface area contributed by atoms with Gasteiger partial charge in [0.15, 0.2) is 23.9 Å². The van der Waals surface area contributed by atoms with Crippen molar-refractivity contribution in [3.8, 4) is 23.0 Å². The fourth-order valence-electron chi connectivity index (χ4n) is 5.13. The van der Waals surface area contributed by atoms with Crippen LogP contribution < -0.4 is 14.2 Å². The van der Waals surface area contributed by atoms with Gasteiger partial charge in [0.2, 0.25) is 11.5 Å². The van der Waals surface area contributed by atoms with E-state index in [0.29, 0.717) is 22.8 Å². The van der Waals surface area contributed by atoms with Crippen LogP contribution in [0.1, 0.15) is 15.9 Å². The van der Waals surface area contributed by atoms with Gasteiger partial charge in [-0.15, -0.1) is 0 Å². The van der Waals surface area contributed by atoms with E-state index in [4.69, 9.17) is 37.9 Å². The average Bonchev–Trinajstić information content (AvgIpc) is 3.36. The molecule has 2 aliphatic heterocycles. The highest BCUT2D eigenvalue weighted by Gasteiger charge is 2.60. The molecule has 0 aliphatic carbocycles. The lowest BCUT2D eigenvalue weighted by atomic mass is 9.98. The summed E-state index contributed by atoms with van der Waals surface area (Å²) in [4.78, 5) is 25.4. The number of methoxy groups -OCH3 is 3. The predicted molar refractivity (Wildman–Crippen MR) is 159 cm³/mol. The van der Waals surface area contributed by atoms with Crippen molar-refractivity contribution in [2.45, 2.75) is 54.8 Å². The highest BCUT2D eigenvalue weighted by atomic mass is 16.8. The van der Waals surface area contributed by atoms with Crippen LogP contribution in [-0.2, 0) is 28.5 Å². The lowest BCUT2D eigenvalue weighted by Crippen LogP contribution is -2.63. The first-order valence-electron chi connectivity index (χ1n) is 14.5. The van der Waals surface area contributed by atoms with Crippen molar-refractivity contribution in [1.29, 1.82) is 0 Å². The lowest BCUT2D eigenvalue weighted by molar-refractivity contribution is -0.383. The molecule has 0 bridgehead atoms. The number of phenolic OH excluding ortho intramolecular Hbond substituents is 1. The number of carbonyl (C=O) groups is 2. The zero-order valence-electron chi connectivity index (χ0n) is 26.1. The number of phenols is 1. The minimum absolute atomic E-state index is 0.0538. The third-order valence-corrected chi connectivity index (χ3v) is 7.68. The van der Waals surface area contributed by atoms with E-state index in [0.717, 1.165) is 6.08 Å². The fourth-order valence-corrected chi connectivity index (χ4v) is 5.13. The monoisotopic (exact) mass is 682 g/mol. The molecular weight excluding hydrogens is 644 g/mol. The molecule has 2 heterocycles. The van der Waals surface area contributed by atoms with Crippen LogP contribution in [0, 0.1) is 0 Å². The molecule has 2 aliphatic rings. The molecular formula is C31H38O17. The maximum absolute atomic E-state index is 13.0. The summed E-state index contributed by atoms with van der Waals surface area (Å²) in [7, 11) is 4.24. The number of hydrogen-bond acceptors (Lipinski definition) is 17. The van der Waals surface area contributed by atoms with E-state index in [2.05, 4.69) is 0 Å². The summed E-state index contributed by atoms with van der Waals surface area (Å²) in [6, 6.07) is 8.16. The first-order valence-corrected chi connectivity index (χ1v) is 14.5. The van der Waals surface area contributed by atoms with Crippen LogP contribution in [0.2, 0.25) is 0 Å². The minimum atomic E-state index is -2.47. The topological polar surface area (TPSA) is 250 Å². The second-order valence-corrected chi connectivity index (χ2v) is 10.7. The lowest BCUT2D eigenvalue weighted by Gasteiger charge is -2.43. The first kappa shape index (κ1) is 36.8. The van der Waals surface area contributed by atoms with Crippen LogP contribution in [0.3, 0.4) is 0 Å². The predicted octanol–water partition coefficient (Wildman–Crippen LogP) is -1.54. The van der Waals surface area contributed by atoms with Crippen LogP contribution in [0.25, 0.3) is 6.08 Å². The number of aliphatic hydroxyl groups is 6. The third-order valence-electron chi connectivity index (χ3n) is 7.68. The van der Waals surface area contributed by atoms with Gasteiger partial charge in [-0.1, -0.05) is 0 Å². The van der Waals surface area contributed by atoms with Crippen LogP contribution in [-0.4, -0.2) is 144 Å².